The van der Waals surface area contributed by atoms with Crippen molar-refractivity contribution in [3.63, 3.8) is 0 Å². The molecule has 5 nitrogen and oxygen atoms in total. The van der Waals surface area contributed by atoms with E-state index in [0.29, 0.717) is 25.3 Å². The Hall–Kier alpha value is -3.86. The van der Waals surface area contributed by atoms with Crippen LogP contribution in [0.2, 0.25) is 0 Å². The molecule has 3 aromatic rings. The standard InChI is InChI=1S/C26H22N2O3/c29-25-24-15-20-8-4-5-9-21(20)16-28(24)26(30)23(27-25)14-18-10-12-22(13-11-18)31-17-19-6-2-1-3-7-19/h1-14,24H,15-17H2,(H,27,29)/b23-14-/t24-/m0/s1. The number of carbonyl (C=O) groups is 2. The number of hydrogen-bond acceptors (Lipinski definition) is 3. The van der Waals surface area contributed by atoms with Gasteiger partial charge in [-0.15, -0.1) is 0 Å². The highest BCUT2D eigenvalue weighted by Gasteiger charge is 2.40. The first kappa shape index (κ1) is 19.1. The Balaban J connectivity index is 1.31. The molecule has 2 aliphatic heterocycles. The van der Waals surface area contributed by atoms with Crippen LogP contribution >= 0.6 is 0 Å². The first-order chi connectivity index (χ1) is 15.2. The van der Waals surface area contributed by atoms with Crippen LogP contribution in [0.4, 0.5) is 0 Å². The van der Waals surface area contributed by atoms with Crippen LogP contribution in [-0.2, 0) is 29.2 Å². The highest BCUT2D eigenvalue weighted by atomic mass is 16.5. The van der Waals surface area contributed by atoms with Crippen LogP contribution in [0.15, 0.2) is 84.6 Å². The number of ether oxygens (including phenoxy) is 1. The monoisotopic (exact) mass is 410 g/mol. The molecule has 2 amide bonds. The van der Waals surface area contributed by atoms with Gasteiger partial charge in [0.15, 0.2) is 0 Å². The van der Waals surface area contributed by atoms with E-state index in [4.69, 9.17) is 4.74 Å². The molecule has 0 aromatic heterocycles. The molecule has 0 bridgehead atoms. The SMILES string of the molecule is O=C1N/C(=C\c2ccc(OCc3ccccc3)cc2)C(=O)N2Cc3ccccc3C[C@@H]12. The number of fused-ring (bicyclic) bond motifs is 2. The second-order valence-electron chi connectivity index (χ2n) is 7.81. The molecule has 1 fully saturated rings. The average Bonchev–Trinajstić information content (AvgIpc) is 2.81. The first-order valence-corrected chi connectivity index (χ1v) is 10.3. The van der Waals surface area contributed by atoms with Crippen molar-refractivity contribution in [2.24, 2.45) is 0 Å². The molecule has 5 rings (SSSR count). The zero-order chi connectivity index (χ0) is 21.2. The summed E-state index contributed by atoms with van der Waals surface area (Å²) in [5.74, 6) is 0.462. The van der Waals surface area contributed by atoms with E-state index < -0.39 is 6.04 Å². The second-order valence-corrected chi connectivity index (χ2v) is 7.81. The van der Waals surface area contributed by atoms with Crippen molar-refractivity contribution in [2.75, 3.05) is 0 Å². The number of nitrogens with one attached hydrogen (secondary N) is 1. The van der Waals surface area contributed by atoms with Crippen LogP contribution in [0, 0.1) is 0 Å². The van der Waals surface area contributed by atoms with E-state index in [9.17, 15) is 9.59 Å². The quantitative estimate of drug-likeness (QED) is 0.668. The van der Waals surface area contributed by atoms with Gasteiger partial charge in [-0.1, -0.05) is 66.7 Å². The van der Waals surface area contributed by atoms with Crippen LogP contribution in [0.1, 0.15) is 22.3 Å². The molecule has 5 heteroatoms. The Bertz CT molecular complexity index is 1150. The van der Waals surface area contributed by atoms with Gasteiger partial charge in [-0.2, -0.15) is 0 Å². The molecule has 0 spiro atoms. The van der Waals surface area contributed by atoms with Crippen molar-refractivity contribution in [2.45, 2.75) is 25.6 Å². The highest BCUT2D eigenvalue weighted by Crippen LogP contribution is 2.28. The van der Waals surface area contributed by atoms with E-state index in [0.717, 1.165) is 28.0 Å². The number of benzene rings is 3. The molecule has 0 radical (unpaired) electrons. The lowest BCUT2D eigenvalue weighted by atomic mass is 9.91. The summed E-state index contributed by atoms with van der Waals surface area (Å²) >= 11 is 0. The molecule has 31 heavy (non-hydrogen) atoms. The van der Waals surface area contributed by atoms with Gasteiger partial charge in [-0.05, 0) is 40.5 Å². The van der Waals surface area contributed by atoms with Gasteiger partial charge in [0.05, 0.1) is 0 Å². The molecular formula is C26H22N2O3. The number of hydrogen-bond donors (Lipinski definition) is 1. The Morgan fingerprint density at radius 1 is 0.903 bits per heavy atom. The summed E-state index contributed by atoms with van der Waals surface area (Å²) in [4.78, 5) is 27.4. The zero-order valence-corrected chi connectivity index (χ0v) is 17.0. The van der Waals surface area contributed by atoms with Gasteiger partial charge in [-0.3, -0.25) is 9.59 Å². The molecular weight excluding hydrogens is 388 g/mol. The lowest BCUT2D eigenvalue weighted by Crippen LogP contribution is -2.58. The van der Waals surface area contributed by atoms with Gasteiger partial charge in [0.1, 0.15) is 24.1 Å². The molecule has 0 aliphatic carbocycles. The Morgan fingerprint density at radius 2 is 1.61 bits per heavy atom. The van der Waals surface area contributed by atoms with E-state index in [-0.39, 0.29) is 11.8 Å². The fraction of sp³-hybridized carbons (Fsp3) is 0.154. The number of piperazine rings is 1. The summed E-state index contributed by atoms with van der Waals surface area (Å²) in [7, 11) is 0. The van der Waals surface area contributed by atoms with Crippen molar-refractivity contribution in [1.82, 2.24) is 10.2 Å². The van der Waals surface area contributed by atoms with Gasteiger partial charge < -0.3 is 15.0 Å². The van der Waals surface area contributed by atoms with Gasteiger partial charge in [-0.25, -0.2) is 0 Å². The minimum Gasteiger partial charge on any atom is -0.489 e. The summed E-state index contributed by atoms with van der Waals surface area (Å²) in [5.41, 5.74) is 4.46. The van der Waals surface area contributed by atoms with Crippen LogP contribution < -0.4 is 10.1 Å². The van der Waals surface area contributed by atoms with Crippen molar-refractivity contribution in [3.8, 4) is 5.75 Å². The van der Waals surface area contributed by atoms with Gasteiger partial charge in [0, 0.05) is 13.0 Å². The van der Waals surface area contributed by atoms with E-state index >= 15 is 0 Å². The van der Waals surface area contributed by atoms with Crippen LogP contribution in [0.3, 0.4) is 0 Å². The van der Waals surface area contributed by atoms with Crippen molar-refractivity contribution >= 4 is 17.9 Å². The molecule has 0 saturated carbocycles. The van der Waals surface area contributed by atoms with E-state index in [1.54, 1.807) is 11.0 Å². The maximum absolute atomic E-state index is 13.1. The van der Waals surface area contributed by atoms with Crippen LogP contribution in [0.25, 0.3) is 6.08 Å². The Labute approximate surface area is 181 Å². The summed E-state index contributed by atoms with van der Waals surface area (Å²) in [6.07, 6.45) is 2.27. The van der Waals surface area contributed by atoms with Gasteiger partial charge in [0.2, 0.25) is 5.91 Å². The summed E-state index contributed by atoms with van der Waals surface area (Å²) in [6.45, 7) is 0.949. The fourth-order valence-electron chi connectivity index (χ4n) is 4.06. The minimum atomic E-state index is -0.451. The minimum absolute atomic E-state index is 0.136. The first-order valence-electron chi connectivity index (χ1n) is 10.3. The molecule has 1 N–H and O–H groups in total. The Kier molecular flexibility index (Phi) is 5.00. The number of carbonyl (C=O) groups excluding carboxylic acids is 2. The molecule has 3 aromatic carbocycles. The van der Waals surface area contributed by atoms with E-state index in [2.05, 4.69) is 5.32 Å². The zero-order valence-electron chi connectivity index (χ0n) is 17.0. The lowest BCUT2D eigenvalue weighted by molar-refractivity contribution is -0.143. The maximum atomic E-state index is 13.1. The van der Waals surface area contributed by atoms with E-state index in [1.165, 1.54) is 0 Å². The van der Waals surface area contributed by atoms with Crippen molar-refractivity contribution in [1.29, 1.82) is 0 Å². The number of rotatable bonds is 4. The van der Waals surface area contributed by atoms with Gasteiger partial charge >= 0.3 is 0 Å². The lowest BCUT2D eigenvalue weighted by Gasteiger charge is -2.39. The predicted octanol–water partition coefficient (Wildman–Crippen LogP) is 3.69. The third kappa shape index (κ3) is 3.94. The highest BCUT2D eigenvalue weighted by molar-refractivity contribution is 6.07. The largest absolute Gasteiger partial charge is 0.489 e. The third-order valence-electron chi connectivity index (χ3n) is 5.74. The molecule has 0 unspecified atom stereocenters. The number of nitrogens with zero attached hydrogens (tertiary/aromatic N) is 1. The molecule has 154 valence electrons. The smallest absolute Gasteiger partial charge is 0.271 e. The predicted molar refractivity (Wildman–Crippen MR) is 118 cm³/mol. The molecule has 2 aliphatic rings. The summed E-state index contributed by atoms with van der Waals surface area (Å²) in [6, 6.07) is 25.0. The van der Waals surface area contributed by atoms with Crippen molar-refractivity contribution < 1.29 is 14.3 Å². The Morgan fingerprint density at radius 3 is 2.39 bits per heavy atom. The molecule has 1 atom stereocenters. The summed E-state index contributed by atoms with van der Waals surface area (Å²) in [5, 5.41) is 2.81. The summed E-state index contributed by atoms with van der Waals surface area (Å²) < 4.78 is 5.81. The molecule has 1 saturated heterocycles. The van der Waals surface area contributed by atoms with E-state index in [1.807, 2.05) is 78.9 Å². The van der Waals surface area contributed by atoms with Crippen LogP contribution in [0.5, 0.6) is 5.75 Å². The third-order valence-corrected chi connectivity index (χ3v) is 5.74. The maximum Gasteiger partial charge on any atom is 0.271 e. The van der Waals surface area contributed by atoms with Gasteiger partial charge in [0.25, 0.3) is 5.91 Å². The fourth-order valence-corrected chi connectivity index (χ4v) is 4.06. The number of amides is 2. The molecule has 2 heterocycles. The average molecular weight is 410 g/mol. The van der Waals surface area contributed by atoms with Crippen LogP contribution in [-0.4, -0.2) is 22.8 Å². The second kappa shape index (κ2) is 8.11. The van der Waals surface area contributed by atoms with Crippen molar-refractivity contribution in [3.05, 3.63) is 107 Å². The normalized spacial score (nSPS) is 18.9. The topological polar surface area (TPSA) is 58.6 Å².